The van der Waals surface area contributed by atoms with E-state index in [1.54, 1.807) is 43.5 Å². The molecule has 0 heterocycles. The maximum absolute atomic E-state index is 12.4. The minimum absolute atomic E-state index is 0.276. The third kappa shape index (κ3) is 6.30. The normalized spacial score (nSPS) is 11.8. The van der Waals surface area contributed by atoms with Gasteiger partial charge in [-0.15, -0.1) is 0 Å². The molecule has 2 rings (SSSR count). The van der Waals surface area contributed by atoms with Crippen LogP contribution >= 0.6 is 0 Å². The number of hydrogen-bond acceptors (Lipinski definition) is 5. The highest BCUT2D eigenvalue weighted by atomic mass is 16.5. The molecule has 6 heteroatoms. The molecule has 1 amide bonds. The van der Waals surface area contributed by atoms with Gasteiger partial charge in [0.2, 0.25) is 11.7 Å². The number of benzene rings is 2. The summed E-state index contributed by atoms with van der Waals surface area (Å²) < 4.78 is 10.2. The number of hydrogen-bond donors (Lipinski definition) is 1. The van der Waals surface area contributed by atoms with Crippen molar-refractivity contribution in [3.05, 3.63) is 70.3 Å². The minimum Gasteiger partial charge on any atom is -0.497 e. The molecule has 30 heavy (non-hydrogen) atoms. The van der Waals surface area contributed by atoms with Crippen LogP contribution in [0, 0.1) is 20.8 Å². The van der Waals surface area contributed by atoms with Gasteiger partial charge >= 0.3 is 5.97 Å². The van der Waals surface area contributed by atoms with Gasteiger partial charge in [-0.05, 0) is 74.2 Å². The Bertz CT molecular complexity index is 960. The molecule has 0 spiro atoms. The van der Waals surface area contributed by atoms with Crippen LogP contribution < -0.4 is 10.1 Å². The van der Waals surface area contributed by atoms with Crippen LogP contribution in [0.15, 0.2) is 42.5 Å². The summed E-state index contributed by atoms with van der Waals surface area (Å²) >= 11 is 0. The third-order valence-corrected chi connectivity index (χ3v) is 4.74. The van der Waals surface area contributed by atoms with Crippen molar-refractivity contribution in [1.82, 2.24) is 5.32 Å². The van der Waals surface area contributed by atoms with E-state index >= 15 is 0 Å². The first kappa shape index (κ1) is 22.9. The Hall–Kier alpha value is -3.41. The van der Waals surface area contributed by atoms with E-state index in [2.05, 4.69) is 5.32 Å². The minimum atomic E-state index is -0.883. The van der Waals surface area contributed by atoms with Crippen molar-refractivity contribution in [2.24, 2.45) is 0 Å². The topological polar surface area (TPSA) is 81.7 Å². The maximum Gasteiger partial charge on any atom is 0.328 e. The van der Waals surface area contributed by atoms with Crippen molar-refractivity contribution in [3.8, 4) is 5.75 Å². The van der Waals surface area contributed by atoms with Gasteiger partial charge in [-0.25, -0.2) is 4.79 Å². The van der Waals surface area contributed by atoms with E-state index in [1.807, 2.05) is 26.8 Å². The SMILES string of the molecule is COc1ccc(/C=C/C(=O)N[C@@H](C)C(=O)OCC(=O)c2cc(C)c(C)cc2C)cc1. The number of methoxy groups -OCH3 is 1. The number of amides is 1. The van der Waals surface area contributed by atoms with Gasteiger partial charge in [0.05, 0.1) is 7.11 Å². The van der Waals surface area contributed by atoms with Gasteiger partial charge in [0.15, 0.2) is 6.61 Å². The first-order chi connectivity index (χ1) is 14.2. The van der Waals surface area contributed by atoms with Crippen molar-refractivity contribution < 1.29 is 23.9 Å². The van der Waals surface area contributed by atoms with Crippen molar-refractivity contribution in [2.75, 3.05) is 13.7 Å². The lowest BCUT2D eigenvalue weighted by molar-refractivity contribution is -0.145. The fourth-order valence-electron chi connectivity index (χ4n) is 2.81. The monoisotopic (exact) mass is 409 g/mol. The summed E-state index contributed by atoms with van der Waals surface area (Å²) in [5, 5.41) is 2.53. The van der Waals surface area contributed by atoms with E-state index in [1.165, 1.54) is 13.0 Å². The van der Waals surface area contributed by atoms with Crippen LogP contribution in [0.3, 0.4) is 0 Å². The van der Waals surface area contributed by atoms with E-state index in [0.29, 0.717) is 5.56 Å². The predicted molar refractivity (Wildman–Crippen MR) is 116 cm³/mol. The summed E-state index contributed by atoms with van der Waals surface area (Å²) in [6, 6.07) is 10.0. The van der Waals surface area contributed by atoms with Crippen LogP contribution in [0.4, 0.5) is 0 Å². The molecular weight excluding hydrogens is 382 g/mol. The third-order valence-electron chi connectivity index (χ3n) is 4.74. The quantitative estimate of drug-likeness (QED) is 0.410. The number of rotatable bonds is 8. The molecule has 0 bridgehead atoms. The summed E-state index contributed by atoms with van der Waals surface area (Å²) in [7, 11) is 1.58. The lowest BCUT2D eigenvalue weighted by Crippen LogP contribution is -2.39. The van der Waals surface area contributed by atoms with E-state index < -0.39 is 17.9 Å². The molecule has 158 valence electrons. The lowest BCUT2D eigenvalue weighted by atomic mass is 9.98. The second-order valence-electron chi connectivity index (χ2n) is 7.12. The lowest BCUT2D eigenvalue weighted by Gasteiger charge is -2.13. The van der Waals surface area contributed by atoms with E-state index in [0.717, 1.165) is 28.0 Å². The smallest absolute Gasteiger partial charge is 0.328 e. The molecule has 1 atom stereocenters. The summed E-state index contributed by atoms with van der Waals surface area (Å²) in [5.74, 6) is -0.664. The Morgan fingerprint density at radius 1 is 1.00 bits per heavy atom. The number of ether oxygens (including phenoxy) is 2. The van der Waals surface area contributed by atoms with Gasteiger partial charge in [-0.1, -0.05) is 18.2 Å². The molecule has 0 aliphatic carbocycles. The van der Waals surface area contributed by atoms with Gasteiger partial charge in [-0.3, -0.25) is 9.59 Å². The first-order valence-corrected chi connectivity index (χ1v) is 9.61. The molecule has 6 nitrogen and oxygen atoms in total. The van der Waals surface area contributed by atoms with Crippen LogP contribution in [0.1, 0.15) is 39.5 Å². The Kier molecular flexibility index (Phi) is 7.92. The Balaban J connectivity index is 1.86. The second kappa shape index (κ2) is 10.4. The van der Waals surface area contributed by atoms with Crippen LogP contribution in [-0.4, -0.2) is 37.4 Å². The molecule has 1 N–H and O–H groups in total. The summed E-state index contributed by atoms with van der Waals surface area (Å²) in [6.45, 7) is 6.88. The van der Waals surface area contributed by atoms with Crippen molar-refractivity contribution in [3.63, 3.8) is 0 Å². The predicted octanol–water partition coefficient (Wildman–Crippen LogP) is 3.56. The number of aryl methyl sites for hydroxylation is 3. The van der Waals surface area contributed by atoms with Gasteiger partial charge in [0.1, 0.15) is 11.8 Å². The van der Waals surface area contributed by atoms with Crippen molar-refractivity contribution in [2.45, 2.75) is 33.7 Å². The number of carbonyl (C=O) groups excluding carboxylic acids is 3. The Labute approximate surface area is 176 Å². The largest absolute Gasteiger partial charge is 0.497 e. The molecule has 0 aliphatic rings. The fraction of sp³-hybridized carbons (Fsp3) is 0.292. The van der Waals surface area contributed by atoms with Crippen molar-refractivity contribution in [1.29, 1.82) is 0 Å². The average Bonchev–Trinajstić information content (AvgIpc) is 2.73. The average molecular weight is 409 g/mol. The van der Waals surface area contributed by atoms with Gasteiger partial charge in [0.25, 0.3) is 0 Å². The molecule has 0 aromatic heterocycles. The number of carbonyl (C=O) groups is 3. The number of ketones is 1. The molecule has 0 aliphatic heterocycles. The maximum atomic E-state index is 12.4. The highest BCUT2D eigenvalue weighted by Gasteiger charge is 2.19. The standard InChI is InChI=1S/C24H27NO5/c1-15-12-17(3)21(13-16(15)2)22(26)14-30-24(28)18(4)25-23(27)11-8-19-6-9-20(29-5)10-7-19/h6-13,18H,14H2,1-5H3,(H,25,27)/b11-8+/t18-/m0/s1. The van der Waals surface area contributed by atoms with Gasteiger partial charge < -0.3 is 14.8 Å². The molecule has 0 unspecified atom stereocenters. The zero-order valence-electron chi connectivity index (χ0n) is 17.9. The summed E-state index contributed by atoms with van der Waals surface area (Å²) in [5.41, 5.74) is 4.28. The number of esters is 1. The first-order valence-electron chi connectivity index (χ1n) is 9.61. The molecule has 0 fully saturated rings. The second-order valence-corrected chi connectivity index (χ2v) is 7.12. The van der Waals surface area contributed by atoms with Crippen LogP contribution in [0.25, 0.3) is 6.08 Å². The van der Waals surface area contributed by atoms with E-state index in [9.17, 15) is 14.4 Å². The van der Waals surface area contributed by atoms with Crippen LogP contribution in [-0.2, 0) is 14.3 Å². The fourth-order valence-corrected chi connectivity index (χ4v) is 2.81. The molecule has 0 saturated carbocycles. The highest BCUT2D eigenvalue weighted by molar-refractivity contribution is 6.00. The summed E-state index contributed by atoms with van der Waals surface area (Å²) in [4.78, 5) is 36.6. The van der Waals surface area contributed by atoms with E-state index in [4.69, 9.17) is 9.47 Å². The molecule has 0 saturated heterocycles. The zero-order valence-corrected chi connectivity index (χ0v) is 17.9. The number of Topliss-reactive ketones (excluding diaryl/α,β-unsaturated/α-hetero) is 1. The van der Waals surface area contributed by atoms with Gasteiger partial charge in [-0.2, -0.15) is 0 Å². The highest BCUT2D eigenvalue weighted by Crippen LogP contribution is 2.16. The zero-order chi connectivity index (χ0) is 22.3. The molecule has 0 radical (unpaired) electrons. The van der Waals surface area contributed by atoms with E-state index in [-0.39, 0.29) is 12.4 Å². The Morgan fingerprint density at radius 3 is 2.27 bits per heavy atom. The molecular formula is C24H27NO5. The number of nitrogens with one attached hydrogen (secondary N) is 1. The van der Waals surface area contributed by atoms with Crippen LogP contribution in [0.5, 0.6) is 5.75 Å². The van der Waals surface area contributed by atoms with Crippen LogP contribution in [0.2, 0.25) is 0 Å². The molecule has 2 aromatic carbocycles. The Morgan fingerprint density at radius 2 is 1.63 bits per heavy atom. The summed E-state index contributed by atoms with van der Waals surface area (Å²) in [6.07, 6.45) is 2.95. The van der Waals surface area contributed by atoms with Crippen molar-refractivity contribution >= 4 is 23.7 Å². The van der Waals surface area contributed by atoms with Gasteiger partial charge in [0, 0.05) is 11.6 Å². The molecule has 2 aromatic rings.